The fourth-order valence-electron chi connectivity index (χ4n) is 1.80. The van der Waals surface area contributed by atoms with Crippen LogP contribution in [-0.2, 0) is 16.1 Å². The number of halogens is 1. The van der Waals surface area contributed by atoms with E-state index in [9.17, 15) is 4.79 Å². The first-order valence-corrected chi connectivity index (χ1v) is 7.22. The molecule has 1 atom stereocenters. The van der Waals surface area contributed by atoms with Crippen LogP contribution < -0.4 is 5.32 Å². The number of carbonyl (C=O) groups is 1. The van der Waals surface area contributed by atoms with E-state index in [2.05, 4.69) is 26.3 Å². The molecule has 0 aliphatic carbocycles. The predicted octanol–water partition coefficient (Wildman–Crippen LogP) is 2.05. The second kappa shape index (κ2) is 7.65. The Kier molecular flexibility index (Phi) is 6.51. The quantitative estimate of drug-likeness (QED) is 0.778. The van der Waals surface area contributed by atoms with Crippen molar-refractivity contribution in [3.63, 3.8) is 0 Å². The lowest BCUT2D eigenvalue weighted by molar-refractivity contribution is -0.125. The second-order valence-electron chi connectivity index (χ2n) is 4.71. The monoisotopic (exact) mass is 331 g/mol. The Balaban J connectivity index is 2.47. The fraction of sp³-hybridized carbons (Fsp3) is 0.692. The molecular weight excluding hydrogens is 310 g/mol. The van der Waals surface area contributed by atoms with Crippen LogP contribution in [-0.4, -0.2) is 35.9 Å². The van der Waals surface area contributed by atoms with Gasteiger partial charge >= 0.3 is 0 Å². The fourth-order valence-corrected chi connectivity index (χ4v) is 2.08. The normalized spacial score (nSPS) is 12.5. The van der Waals surface area contributed by atoms with E-state index in [-0.39, 0.29) is 11.8 Å². The first kappa shape index (κ1) is 16.2. The molecule has 0 aromatic carbocycles. The largest absolute Gasteiger partial charge is 0.385 e. The lowest BCUT2D eigenvalue weighted by Crippen LogP contribution is -2.33. The smallest absolute Gasteiger partial charge is 0.224 e. The average molecular weight is 332 g/mol. The highest BCUT2D eigenvalue weighted by Crippen LogP contribution is 2.20. The molecule has 0 saturated heterocycles. The summed E-state index contributed by atoms with van der Waals surface area (Å²) in [5, 5.41) is 7.32. The summed E-state index contributed by atoms with van der Waals surface area (Å²) in [5.41, 5.74) is 2.00. The van der Waals surface area contributed by atoms with Crippen molar-refractivity contribution in [2.24, 2.45) is 5.92 Å². The van der Waals surface area contributed by atoms with Crippen LogP contribution in [0.15, 0.2) is 4.47 Å². The van der Waals surface area contributed by atoms with Crippen molar-refractivity contribution in [1.82, 2.24) is 15.1 Å². The Hall–Kier alpha value is -0.880. The van der Waals surface area contributed by atoms with Crippen LogP contribution in [0.1, 0.15) is 24.7 Å². The van der Waals surface area contributed by atoms with Gasteiger partial charge in [0.2, 0.25) is 5.91 Å². The van der Waals surface area contributed by atoms with Crippen molar-refractivity contribution in [2.45, 2.75) is 33.7 Å². The summed E-state index contributed by atoms with van der Waals surface area (Å²) in [5.74, 6) is -0.0489. The van der Waals surface area contributed by atoms with Crippen molar-refractivity contribution in [2.75, 3.05) is 20.3 Å². The zero-order valence-electron chi connectivity index (χ0n) is 12.0. The number of hydrogen-bond donors (Lipinski definition) is 1. The third-order valence-corrected chi connectivity index (χ3v) is 4.16. The number of nitrogens with one attached hydrogen (secondary N) is 1. The zero-order valence-corrected chi connectivity index (χ0v) is 13.6. The van der Waals surface area contributed by atoms with E-state index in [1.54, 1.807) is 7.11 Å². The van der Waals surface area contributed by atoms with Gasteiger partial charge in [0.1, 0.15) is 0 Å². The SMILES string of the molecule is COCCCNC(=O)C(C)Cn1nc(C)c(Br)c1C. The average Bonchev–Trinajstić information content (AvgIpc) is 2.62. The van der Waals surface area contributed by atoms with E-state index in [0.717, 1.165) is 22.3 Å². The molecule has 1 rings (SSSR count). The van der Waals surface area contributed by atoms with E-state index in [0.29, 0.717) is 19.7 Å². The lowest BCUT2D eigenvalue weighted by Gasteiger charge is -2.13. The third kappa shape index (κ3) is 4.62. The topological polar surface area (TPSA) is 56.1 Å². The number of methoxy groups -OCH3 is 1. The Bertz CT molecular complexity index is 432. The summed E-state index contributed by atoms with van der Waals surface area (Å²) in [6, 6.07) is 0. The third-order valence-electron chi connectivity index (χ3n) is 3.01. The number of carbonyl (C=O) groups excluding carboxylic acids is 1. The van der Waals surface area contributed by atoms with Crippen LogP contribution >= 0.6 is 15.9 Å². The number of aromatic nitrogens is 2. The summed E-state index contributed by atoms with van der Waals surface area (Å²) in [7, 11) is 1.66. The minimum absolute atomic E-state index is 0.0554. The molecular formula is C13H22BrN3O2. The molecule has 0 aliphatic heterocycles. The maximum Gasteiger partial charge on any atom is 0.224 e. The highest BCUT2D eigenvalue weighted by atomic mass is 79.9. The number of nitrogens with zero attached hydrogens (tertiary/aromatic N) is 2. The van der Waals surface area contributed by atoms with Crippen molar-refractivity contribution in [3.8, 4) is 0 Å². The molecule has 1 amide bonds. The number of rotatable bonds is 7. The van der Waals surface area contributed by atoms with E-state index in [1.165, 1.54) is 0 Å². The van der Waals surface area contributed by atoms with Gasteiger partial charge in [0.05, 0.1) is 22.6 Å². The predicted molar refractivity (Wildman–Crippen MR) is 78.1 cm³/mol. The standard InChI is InChI=1S/C13H22BrN3O2/c1-9(13(18)15-6-5-7-19-4)8-17-11(3)12(14)10(2)16-17/h9H,5-8H2,1-4H3,(H,15,18). The second-order valence-corrected chi connectivity index (χ2v) is 5.50. The van der Waals surface area contributed by atoms with E-state index < -0.39 is 0 Å². The molecule has 1 unspecified atom stereocenters. The van der Waals surface area contributed by atoms with Gasteiger partial charge in [0.25, 0.3) is 0 Å². The van der Waals surface area contributed by atoms with Gasteiger partial charge in [-0.3, -0.25) is 9.48 Å². The molecule has 108 valence electrons. The molecule has 0 saturated carbocycles. The number of hydrogen-bond acceptors (Lipinski definition) is 3. The summed E-state index contributed by atoms with van der Waals surface area (Å²) in [4.78, 5) is 11.9. The summed E-state index contributed by atoms with van der Waals surface area (Å²) in [6.07, 6.45) is 0.834. The van der Waals surface area contributed by atoms with Crippen LogP contribution in [0.2, 0.25) is 0 Å². The molecule has 5 nitrogen and oxygen atoms in total. The highest BCUT2D eigenvalue weighted by molar-refractivity contribution is 9.10. The van der Waals surface area contributed by atoms with Crippen molar-refractivity contribution in [1.29, 1.82) is 0 Å². The van der Waals surface area contributed by atoms with E-state index >= 15 is 0 Å². The van der Waals surface area contributed by atoms with Gasteiger partial charge in [-0.15, -0.1) is 0 Å². The van der Waals surface area contributed by atoms with Crippen LogP contribution in [0.4, 0.5) is 0 Å². The first-order chi connectivity index (χ1) is 8.97. The lowest BCUT2D eigenvalue weighted by atomic mass is 10.1. The van der Waals surface area contributed by atoms with Crippen molar-refractivity contribution < 1.29 is 9.53 Å². The molecule has 0 spiro atoms. The van der Waals surface area contributed by atoms with Crippen molar-refractivity contribution >= 4 is 21.8 Å². The Morgan fingerprint density at radius 1 is 1.53 bits per heavy atom. The molecule has 0 fully saturated rings. The molecule has 1 aromatic heterocycles. The molecule has 0 aliphatic rings. The van der Waals surface area contributed by atoms with Crippen LogP contribution in [0.25, 0.3) is 0 Å². The summed E-state index contributed by atoms with van der Waals surface area (Å²) < 4.78 is 7.83. The number of ether oxygens (including phenoxy) is 1. The molecule has 1 aromatic rings. The summed E-state index contributed by atoms with van der Waals surface area (Å²) in [6.45, 7) is 7.76. The van der Waals surface area contributed by atoms with Crippen LogP contribution in [0, 0.1) is 19.8 Å². The minimum Gasteiger partial charge on any atom is -0.385 e. The zero-order chi connectivity index (χ0) is 14.4. The molecule has 1 N–H and O–H groups in total. The van der Waals surface area contributed by atoms with Gasteiger partial charge in [0, 0.05) is 26.0 Å². The van der Waals surface area contributed by atoms with Gasteiger partial charge in [0.15, 0.2) is 0 Å². The van der Waals surface area contributed by atoms with Gasteiger partial charge in [-0.2, -0.15) is 5.10 Å². The Morgan fingerprint density at radius 2 is 2.21 bits per heavy atom. The number of amides is 1. The molecule has 19 heavy (non-hydrogen) atoms. The van der Waals surface area contributed by atoms with Crippen LogP contribution in [0.3, 0.4) is 0 Å². The Morgan fingerprint density at radius 3 is 2.74 bits per heavy atom. The van der Waals surface area contributed by atoms with Gasteiger partial charge < -0.3 is 10.1 Å². The van der Waals surface area contributed by atoms with E-state index in [1.807, 2.05) is 25.5 Å². The van der Waals surface area contributed by atoms with E-state index in [4.69, 9.17) is 4.74 Å². The van der Waals surface area contributed by atoms with Gasteiger partial charge in [-0.1, -0.05) is 6.92 Å². The minimum atomic E-state index is -0.104. The van der Waals surface area contributed by atoms with Crippen molar-refractivity contribution in [3.05, 3.63) is 15.9 Å². The molecule has 1 heterocycles. The summed E-state index contributed by atoms with van der Waals surface area (Å²) >= 11 is 3.49. The molecule has 0 bridgehead atoms. The maximum atomic E-state index is 11.9. The molecule has 6 heteroatoms. The first-order valence-electron chi connectivity index (χ1n) is 6.43. The van der Waals surface area contributed by atoms with Crippen LogP contribution in [0.5, 0.6) is 0 Å². The number of aryl methyl sites for hydroxylation is 1. The molecule has 0 radical (unpaired) electrons. The Labute approximate surface area is 122 Å². The highest BCUT2D eigenvalue weighted by Gasteiger charge is 2.16. The maximum absolute atomic E-state index is 11.9. The van der Waals surface area contributed by atoms with Gasteiger partial charge in [-0.25, -0.2) is 0 Å². The van der Waals surface area contributed by atoms with Gasteiger partial charge in [-0.05, 0) is 36.2 Å².